The molecule has 2 nitrogen and oxygen atoms in total. The zero-order valence-corrected chi connectivity index (χ0v) is 11.8. The van der Waals surface area contributed by atoms with Crippen LogP contribution in [0.3, 0.4) is 0 Å². The van der Waals surface area contributed by atoms with E-state index in [1.165, 1.54) is 31.2 Å². The van der Waals surface area contributed by atoms with Crippen molar-refractivity contribution >= 4 is 0 Å². The average Bonchev–Trinajstić information content (AvgIpc) is 2.86. The Hall–Kier alpha value is -0.860. The molecule has 1 N–H and O–H groups in total. The van der Waals surface area contributed by atoms with Crippen LogP contribution in [-0.2, 0) is 6.42 Å². The second-order valence-electron chi connectivity index (χ2n) is 5.74. The number of benzene rings is 1. The van der Waals surface area contributed by atoms with Crippen LogP contribution in [0.15, 0.2) is 30.3 Å². The fraction of sp³-hybridized carbons (Fsp3) is 0.625. The second kappa shape index (κ2) is 6.35. The Morgan fingerprint density at radius 1 is 1.11 bits per heavy atom. The van der Waals surface area contributed by atoms with E-state index in [0.29, 0.717) is 5.54 Å². The highest BCUT2D eigenvalue weighted by molar-refractivity contribution is 5.14. The lowest BCUT2D eigenvalue weighted by atomic mass is 9.96. The molecular weight excluding hydrogens is 220 g/mol. The summed E-state index contributed by atoms with van der Waals surface area (Å²) in [6.45, 7) is 2.21. The van der Waals surface area contributed by atoms with Crippen molar-refractivity contribution in [2.24, 2.45) is 0 Å². The molecule has 0 aliphatic heterocycles. The van der Waals surface area contributed by atoms with Crippen molar-refractivity contribution in [3.63, 3.8) is 0 Å². The molecule has 18 heavy (non-hydrogen) atoms. The molecule has 2 rings (SSSR count). The summed E-state index contributed by atoms with van der Waals surface area (Å²) < 4.78 is 0. The van der Waals surface area contributed by atoms with Crippen LogP contribution in [-0.4, -0.2) is 37.6 Å². The van der Waals surface area contributed by atoms with Crippen molar-refractivity contribution in [1.82, 2.24) is 10.2 Å². The molecule has 0 unspecified atom stereocenters. The van der Waals surface area contributed by atoms with Gasteiger partial charge < -0.3 is 10.2 Å². The van der Waals surface area contributed by atoms with Crippen molar-refractivity contribution in [3.05, 3.63) is 35.9 Å². The Kier molecular flexibility index (Phi) is 4.79. The van der Waals surface area contributed by atoms with Gasteiger partial charge in [-0.25, -0.2) is 0 Å². The molecule has 1 aromatic rings. The van der Waals surface area contributed by atoms with Crippen LogP contribution < -0.4 is 5.32 Å². The molecule has 1 aliphatic rings. The van der Waals surface area contributed by atoms with Gasteiger partial charge in [-0.3, -0.25) is 0 Å². The van der Waals surface area contributed by atoms with Gasteiger partial charge in [-0.1, -0.05) is 43.2 Å². The van der Waals surface area contributed by atoms with Crippen LogP contribution in [0.2, 0.25) is 0 Å². The lowest BCUT2D eigenvalue weighted by molar-refractivity contribution is 0.154. The quantitative estimate of drug-likeness (QED) is 0.776. The van der Waals surface area contributed by atoms with Crippen LogP contribution in [0.4, 0.5) is 0 Å². The van der Waals surface area contributed by atoms with Crippen LogP contribution >= 0.6 is 0 Å². The van der Waals surface area contributed by atoms with Gasteiger partial charge in [0.05, 0.1) is 0 Å². The molecule has 1 fully saturated rings. The molecule has 0 amide bonds. The molecule has 0 atom stereocenters. The van der Waals surface area contributed by atoms with E-state index in [2.05, 4.69) is 54.6 Å². The summed E-state index contributed by atoms with van der Waals surface area (Å²) in [5, 5.41) is 3.66. The third-order valence-corrected chi connectivity index (χ3v) is 4.37. The maximum atomic E-state index is 3.66. The van der Waals surface area contributed by atoms with E-state index in [1.807, 2.05) is 0 Å². The van der Waals surface area contributed by atoms with Gasteiger partial charge in [0.1, 0.15) is 0 Å². The molecule has 1 aromatic carbocycles. The number of nitrogens with zero attached hydrogens (tertiary/aromatic N) is 1. The normalized spacial score (nSPS) is 18.4. The first-order valence-electron chi connectivity index (χ1n) is 7.15. The zero-order chi connectivity index (χ0) is 12.8. The van der Waals surface area contributed by atoms with Gasteiger partial charge in [0.15, 0.2) is 0 Å². The first-order chi connectivity index (χ1) is 8.73. The summed E-state index contributed by atoms with van der Waals surface area (Å²) in [4.78, 5) is 2.43. The largest absolute Gasteiger partial charge is 0.315 e. The van der Waals surface area contributed by atoms with Crippen LogP contribution in [0, 0.1) is 0 Å². The lowest BCUT2D eigenvalue weighted by Gasteiger charge is -2.36. The number of likely N-dealkylation sites (N-methyl/N-ethyl adjacent to an activating group) is 1. The standard InChI is InChI=1S/C16H26N2/c1-18(2)16(11-6-7-12-16)14-17-13-10-15-8-4-3-5-9-15/h3-5,8-9,17H,6-7,10-14H2,1-2H3. The minimum absolute atomic E-state index is 0.413. The van der Waals surface area contributed by atoms with Crippen LogP contribution in [0.25, 0.3) is 0 Å². The molecule has 0 heterocycles. The maximum absolute atomic E-state index is 3.66. The summed E-state index contributed by atoms with van der Waals surface area (Å²) in [5.74, 6) is 0. The molecule has 0 radical (unpaired) electrons. The van der Waals surface area contributed by atoms with Gasteiger partial charge in [0.2, 0.25) is 0 Å². The SMILES string of the molecule is CN(C)C1(CNCCc2ccccc2)CCCC1. The van der Waals surface area contributed by atoms with E-state index in [9.17, 15) is 0 Å². The van der Waals surface area contributed by atoms with Crippen molar-refractivity contribution in [2.45, 2.75) is 37.6 Å². The van der Waals surface area contributed by atoms with E-state index in [1.54, 1.807) is 0 Å². The molecule has 100 valence electrons. The van der Waals surface area contributed by atoms with Gasteiger partial charge >= 0.3 is 0 Å². The topological polar surface area (TPSA) is 15.3 Å². The van der Waals surface area contributed by atoms with E-state index in [0.717, 1.165) is 19.5 Å². The van der Waals surface area contributed by atoms with Crippen LogP contribution in [0.1, 0.15) is 31.2 Å². The van der Waals surface area contributed by atoms with Gasteiger partial charge in [0.25, 0.3) is 0 Å². The van der Waals surface area contributed by atoms with Gasteiger partial charge in [-0.2, -0.15) is 0 Å². The average molecular weight is 246 g/mol. The number of rotatable bonds is 6. The molecule has 2 heteroatoms. The Morgan fingerprint density at radius 2 is 1.78 bits per heavy atom. The predicted molar refractivity (Wildman–Crippen MR) is 77.9 cm³/mol. The van der Waals surface area contributed by atoms with Gasteiger partial charge in [-0.15, -0.1) is 0 Å². The lowest BCUT2D eigenvalue weighted by Crippen LogP contribution is -2.49. The molecule has 0 bridgehead atoms. The highest BCUT2D eigenvalue weighted by Crippen LogP contribution is 2.32. The third-order valence-electron chi connectivity index (χ3n) is 4.37. The van der Waals surface area contributed by atoms with E-state index >= 15 is 0 Å². The molecule has 1 saturated carbocycles. The smallest absolute Gasteiger partial charge is 0.0327 e. The highest BCUT2D eigenvalue weighted by atomic mass is 15.2. The molecule has 1 aliphatic carbocycles. The Morgan fingerprint density at radius 3 is 2.39 bits per heavy atom. The third kappa shape index (κ3) is 3.33. The van der Waals surface area contributed by atoms with Gasteiger partial charge in [-0.05, 0) is 45.5 Å². The zero-order valence-electron chi connectivity index (χ0n) is 11.8. The van der Waals surface area contributed by atoms with Gasteiger partial charge in [0, 0.05) is 12.1 Å². The summed E-state index contributed by atoms with van der Waals surface area (Å²) in [7, 11) is 4.45. The molecule has 0 aromatic heterocycles. The van der Waals surface area contributed by atoms with Crippen LogP contribution in [0.5, 0.6) is 0 Å². The number of nitrogens with one attached hydrogen (secondary N) is 1. The van der Waals surface area contributed by atoms with E-state index in [-0.39, 0.29) is 0 Å². The fourth-order valence-electron chi connectivity index (χ4n) is 3.01. The van der Waals surface area contributed by atoms with E-state index < -0.39 is 0 Å². The maximum Gasteiger partial charge on any atom is 0.0327 e. The van der Waals surface area contributed by atoms with E-state index in [4.69, 9.17) is 0 Å². The summed E-state index contributed by atoms with van der Waals surface area (Å²) in [5.41, 5.74) is 1.84. The minimum Gasteiger partial charge on any atom is -0.315 e. The molecule has 0 saturated heterocycles. The summed E-state index contributed by atoms with van der Waals surface area (Å²) >= 11 is 0. The number of hydrogen-bond acceptors (Lipinski definition) is 2. The van der Waals surface area contributed by atoms with Crippen molar-refractivity contribution in [1.29, 1.82) is 0 Å². The number of hydrogen-bond donors (Lipinski definition) is 1. The summed E-state index contributed by atoms with van der Waals surface area (Å²) in [6, 6.07) is 10.7. The Bertz CT molecular complexity index is 339. The Labute approximate surface area is 111 Å². The first-order valence-corrected chi connectivity index (χ1v) is 7.15. The second-order valence-corrected chi connectivity index (χ2v) is 5.74. The van der Waals surface area contributed by atoms with Crippen molar-refractivity contribution < 1.29 is 0 Å². The highest BCUT2D eigenvalue weighted by Gasteiger charge is 2.35. The van der Waals surface area contributed by atoms with Crippen molar-refractivity contribution in [3.8, 4) is 0 Å². The first kappa shape index (κ1) is 13.6. The summed E-state index contributed by atoms with van der Waals surface area (Å²) in [6.07, 6.45) is 6.60. The molecule has 0 spiro atoms. The Balaban J connectivity index is 1.74. The molecular formula is C16H26N2. The fourth-order valence-corrected chi connectivity index (χ4v) is 3.01. The van der Waals surface area contributed by atoms with Crippen molar-refractivity contribution in [2.75, 3.05) is 27.2 Å². The minimum atomic E-state index is 0.413. The monoisotopic (exact) mass is 246 g/mol. The predicted octanol–water partition coefficient (Wildman–Crippen LogP) is 2.69.